The van der Waals surface area contributed by atoms with E-state index in [4.69, 9.17) is 16.6 Å². The van der Waals surface area contributed by atoms with Crippen molar-refractivity contribution in [1.29, 1.82) is 0 Å². The molecule has 30 heavy (non-hydrogen) atoms. The van der Waals surface area contributed by atoms with E-state index in [1.807, 2.05) is 30.3 Å². The van der Waals surface area contributed by atoms with Crippen LogP contribution in [0.4, 0.5) is 0 Å². The maximum atomic E-state index is 6.31. The van der Waals surface area contributed by atoms with Gasteiger partial charge in [-0.1, -0.05) is 61.0 Å². The lowest BCUT2D eigenvalue weighted by Crippen LogP contribution is -2.00. The minimum Gasteiger partial charge on any atom is -0.298 e. The standard InChI is InChI=1S/C22H21ClN4S3/c1-3-7-17-11-15(12-28-17)20-25-26-22(27(20)10-4-2)30-14-16-13-29-21(24-16)18-8-5-6-9-19(18)23/h4-6,8-9,11-13H,2-3,7,10,14H2,1H3. The van der Waals surface area contributed by atoms with Gasteiger partial charge in [0.25, 0.3) is 0 Å². The molecule has 4 aromatic rings. The second-order valence-corrected chi connectivity index (χ2v) is 9.87. The van der Waals surface area contributed by atoms with Crippen LogP contribution in [0.15, 0.2) is 58.9 Å². The number of allylic oxidation sites excluding steroid dienone is 1. The van der Waals surface area contributed by atoms with Crippen LogP contribution in [-0.2, 0) is 18.7 Å². The number of benzene rings is 1. The highest BCUT2D eigenvalue weighted by Gasteiger charge is 2.16. The Bertz CT molecular complexity index is 1140. The zero-order valence-electron chi connectivity index (χ0n) is 16.5. The molecule has 4 nitrogen and oxygen atoms in total. The number of hydrogen-bond acceptors (Lipinski definition) is 6. The fraction of sp³-hybridized carbons (Fsp3) is 0.227. The highest BCUT2D eigenvalue weighted by Crippen LogP contribution is 2.33. The number of thiophene rings is 1. The second kappa shape index (κ2) is 9.92. The van der Waals surface area contributed by atoms with Crippen LogP contribution in [0.1, 0.15) is 23.9 Å². The van der Waals surface area contributed by atoms with Crippen molar-refractivity contribution in [3.8, 4) is 22.0 Å². The van der Waals surface area contributed by atoms with Crippen molar-refractivity contribution in [2.24, 2.45) is 0 Å². The van der Waals surface area contributed by atoms with Crippen molar-refractivity contribution in [2.75, 3.05) is 0 Å². The lowest BCUT2D eigenvalue weighted by molar-refractivity contribution is 0.731. The molecular formula is C22H21ClN4S3. The molecule has 0 amide bonds. The molecule has 0 unspecified atom stereocenters. The summed E-state index contributed by atoms with van der Waals surface area (Å²) in [6.45, 7) is 6.77. The van der Waals surface area contributed by atoms with Crippen molar-refractivity contribution in [3.63, 3.8) is 0 Å². The van der Waals surface area contributed by atoms with Crippen molar-refractivity contribution in [3.05, 3.63) is 69.3 Å². The van der Waals surface area contributed by atoms with Crippen molar-refractivity contribution in [2.45, 2.75) is 37.2 Å². The van der Waals surface area contributed by atoms with Gasteiger partial charge in [-0.15, -0.1) is 39.4 Å². The Kier molecular flexibility index (Phi) is 7.04. The fourth-order valence-electron chi connectivity index (χ4n) is 3.05. The van der Waals surface area contributed by atoms with Crippen LogP contribution in [-0.4, -0.2) is 19.7 Å². The van der Waals surface area contributed by atoms with Crippen LogP contribution in [0, 0.1) is 0 Å². The summed E-state index contributed by atoms with van der Waals surface area (Å²) >= 11 is 11.3. The highest BCUT2D eigenvalue weighted by atomic mass is 35.5. The largest absolute Gasteiger partial charge is 0.298 e. The zero-order chi connectivity index (χ0) is 20.9. The third-order valence-corrected chi connectivity index (χ3v) is 7.69. The molecular weight excluding hydrogens is 452 g/mol. The first kappa shape index (κ1) is 21.3. The summed E-state index contributed by atoms with van der Waals surface area (Å²) in [5, 5.41) is 15.7. The van der Waals surface area contributed by atoms with E-state index in [-0.39, 0.29) is 0 Å². The molecule has 0 saturated carbocycles. The SMILES string of the molecule is C=CCn1c(SCc2csc(-c3ccccc3Cl)n2)nnc1-c1csc(CCC)c1. The fourth-order valence-corrected chi connectivity index (χ4v) is 6.10. The molecule has 1 aromatic carbocycles. The van der Waals surface area contributed by atoms with E-state index in [2.05, 4.69) is 45.1 Å². The Morgan fingerprint density at radius 3 is 2.87 bits per heavy atom. The molecule has 0 aliphatic carbocycles. The predicted molar refractivity (Wildman–Crippen MR) is 130 cm³/mol. The van der Waals surface area contributed by atoms with Crippen LogP contribution in [0.2, 0.25) is 5.02 Å². The number of thiazole rings is 1. The van der Waals surface area contributed by atoms with Gasteiger partial charge in [0, 0.05) is 39.1 Å². The van der Waals surface area contributed by atoms with Gasteiger partial charge in [0.1, 0.15) is 5.01 Å². The Morgan fingerprint density at radius 2 is 2.07 bits per heavy atom. The smallest absolute Gasteiger partial charge is 0.192 e. The summed E-state index contributed by atoms with van der Waals surface area (Å²) in [6, 6.07) is 10.0. The molecule has 0 atom stereocenters. The second-order valence-electron chi connectivity index (χ2n) is 6.67. The number of halogens is 1. The van der Waals surface area contributed by atoms with Gasteiger partial charge in [0.15, 0.2) is 11.0 Å². The Morgan fingerprint density at radius 1 is 1.20 bits per heavy atom. The number of nitrogens with zero attached hydrogens (tertiary/aromatic N) is 4. The molecule has 0 aliphatic rings. The molecule has 0 N–H and O–H groups in total. The number of aromatic nitrogens is 4. The summed E-state index contributed by atoms with van der Waals surface area (Å²) in [6.07, 6.45) is 4.12. The van der Waals surface area contributed by atoms with Crippen LogP contribution < -0.4 is 0 Å². The average molecular weight is 473 g/mol. The quantitative estimate of drug-likeness (QED) is 0.190. The monoisotopic (exact) mass is 472 g/mol. The van der Waals surface area contributed by atoms with Crippen molar-refractivity contribution < 1.29 is 0 Å². The molecule has 8 heteroatoms. The lowest BCUT2D eigenvalue weighted by atomic mass is 10.2. The van der Waals surface area contributed by atoms with E-state index in [9.17, 15) is 0 Å². The predicted octanol–water partition coefficient (Wildman–Crippen LogP) is 7.21. The summed E-state index contributed by atoms with van der Waals surface area (Å²) in [4.78, 5) is 6.14. The number of aryl methyl sites for hydroxylation is 1. The van der Waals surface area contributed by atoms with Crippen molar-refractivity contribution in [1.82, 2.24) is 19.7 Å². The summed E-state index contributed by atoms with van der Waals surface area (Å²) in [7, 11) is 0. The number of rotatable bonds is 9. The van der Waals surface area contributed by atoms with E-state index in [1.54, 1.807) is 34.4 Å². The Hall–Kier alpha value is -1.93. The van der Waals surface area contributed by atoms with Crippen LogP contribution in [0.5, 0.6) is 0 Å². The Balaban J connectivity index is 1.52. The van der Waals surface area contributed by atoms with Crippen LogP contribution >= 0.6 is 46.0 Å². The average Bonchev–Trinajstić information content (AvgIpc) is 3.48. The van der Waals surface area contributed by atoms with E-state index in [0.717, 1.165) is 56.4 Å². The van der Waals surface area contributed by atoms with Gasteiger partial charge in [-0.25, -0.2) is 4.98 Å². The van der Waals surface area contributed by atoms with Gasteiger partial charge in [0.2, 0.25) is 0 Å². The van der Waals surface area contributed by atoms with Gasteiger partial charge in [-0.2, -0.15) is 0 Å². The molecule has 0 radical (unpaired) electrons. The molecule has 0 aliphatic heterocycles. The zero-order valence-corrected chi connectivity index (χ0v) is 19.8. The first-order chi connectivity index (χ1) is 14.7. The number of thioether (sulfide) groups is 1. The molecule has 0 spiro atoms. The first-order valence-corrected chi connectivity index (χ1v) is 12.8. The molecule has 154 valence electrons. The molecule has 3 aromatic heterocycles. The van der Waals surface area contributed by atoms with E-state index < -0.39 is 0 Å². The van der Waals surface area contributed by atoms with Gasteiger partial charge in [-0.3, -0.25) is 4.57 Å². The maximum absolute atomic E-state index is 6.31. The Labute approximate surface area is 193 Å². The minimum absolute atomic E-state index is 0.672. The van der Waals surface area contributed by atoms with Gasteiger partial charge >= 0.3 is 0 Å². The number of hydrogen-bond donors (Lipinski definition) is 0. The van der Waals surface area contributed by atoms with Crippen LogP contribution in [0.3, 0.4) is 0 Å². The molecule has 0 fully saturated rings. The first-order valence-electron chi connectivity index (χ1n) is 9.63. The highest BCUT2D eigenvalue weighted by molar-refractivity contribution is 7.98. The molecule has 0 bridgehead atoms. The lowest BCUT2D eigenvalue weighted by Gasteiger charge is -2.06. The molecule has 3 heterocycles. The van der Waals surface area contributed by atoms with Crippen LogP contribution in [0.25, 0.3) is 22.0 Å². The summed E-state index contributed by atoms with van der Waals surface area (Å²) in [5.41, 5.74) is 3.10. The van der Waals surface area contributed by atoms with E-state index in [0.29, 0.717) is 6.54 Å². The topological polar surface area (TPSA) is 43.6 Å². The minimum atomic E-state index is 0.672. The third kappa shape index (κ3) is 4.70. The third-order valence-electron chi connectivity index (χ3n) is 4.44. The summed E-state index contributed by atoms with van der Waals surface area (Å²) in [5.74, 6) is 1.62. The molecule has 0 saturated heterocycles. The van der Waals surface area contributed by atoms with E-state index in [1.165, 1.54) is 4.88 Å². The summed E-state index contributed by atoms with van der Waals surface area (Å²) < 4.78 is 2.12. The van der Waals surface area contributed by atoms with Gasteiger partial charge in [-0.05, 0) is 18.6 Å². The van der Waals surface area contributed by atoms with E-state index >= 15 is 0 Å². The molecule has 4 rings (SSSR count). The normalized spacial score (nSPS) is 11.1. The maximum Gasteiger partial charge on any atom is 0.192 e. The van der Waals surface area contributed by atoms with Crippen molar-refractivity contribution >= 4 is 46.0 Å². The van der Waals surface area contributed by atoms with Gasteiger partial charge < -0.3 is 0 Å². The van der Waals surface area contributed by atoms with Gasteiger partial charge in [0.05, 0.1) is 10.7 Å².